The van der Waals surface area contributed by atoms with E-state index in [0.29, 0.717) is 12.5 Å². The van der Waals surface area contributed by atoms with Gasteiger partial charge in [-0.1, -0.05) is 23.4 Å². The lowest BCUT2D eigenvalue weighted by molar-refractivity contribution is -0.146. The number of nitrogens with zero attached hydrogens (tertiary/aromatic N) is 2. The van der Waals surface area contributed by atoms with Crippen LogP contribution in [0.5, 0.6) is 0 Å². The first kappa shape index (κ1) is 19.5. The molecule has 0 bridgehead atoms. The van der Waals surface area contributed by atoms with Crippen LogP contribution in [0.3, 0.4) is 0 Å². The number of aromatic nitrogens is 2. The Hall–Kier alpha value is -2.42. The van der Waals surface area contributed by atoms with Gasteiger partial charge in [-0.15, -0.1) is 0 Å². The number of carbonyl (C=O) groups is 1. The van der Waals surface area contributed by atoms with E-state index in [-0.39, 0.29) is 23.8 Å². The van der Waals surface area contributed by atoms with Crippen molar-refractivity contribution < 1.29 is 22.5 Å². The average molecular weight is 420 g/mol. The summed E-state index contributed by atoms with van der Waals surface area (Å²) in [6.45, 7) is 0. The fourth-order valence-corrected chi connectivity index (χ4v) is 5.35. The van der Waals surface area contributed by atoms with Gasteiger partial charge in [-0.2, -0.15) is 18.2 Å². The molecule has 9 heteroatoms. The molecule has 1 aromatic heterocycles. The Labute approximate surface area is 171 Å². The van der Waals surface area contributed by atoms with Gasteiger partial charge in [0.25, 0.3) is 5.82 Å². The van der Waals surface area contributed by atoms with Crippen molar-refractivity contribution in [3.63, 3.8) is 0 Å². The number of alkyl halides is 3. The van der Waals surface area contributed by atoms with Crippen molar-refractivity contribution in [1.29, 1.82) is 0 Å². The van der Waals surface area contributed by atoms with Crippen LogP contribution in [0.25, 0.3) is 0 Å². The minimum Gasteiger partial charge on any atom is -0.339 e. The molecule has 3 aliphatic rings. The van der Waals surface area contributed by atoms with E-state index in [1.165, 1.54) is 0 Å². The molecule has 2 saturated carbocycles. The van der Waals surface area contributed by atoms with Gasteiger partial charge in [0.1, 0.15) is 0 Å². The average Bonchev–Trinajstić information content (AvgIpc) is 3.43. The van der Waals surface area contributed by atoms with E-state index >= 15 is 0 Å². The summed E-state index contributed by atoms with van der Waals surface area (Å²) in [6, 6.07) is 8.41. The predicted molar refractivity (Wildman–Crippen MR) is 102 cm³/mol. The molecule has 0 unspecified atom stereocenters. The normalized spacial score (nSPS) is 31.2. The third-order valence-corrected chi connectivity index (χ3v) is 6.91. The first-order valence-electron chi connectivity index (χ1n) is 10.4. The van der Waals surface area contributed by atoms with E-state index in [1.54, 1.807) is 0 Å². The van der Waals surface area contributed by atoms with Crippen LogP contribution in [0.1, 0.15) is 68.1 Å². The molecule has 30 heavy (non-hydrogen) atoms. The number of halogens is 3. The lowest BCUT2D eigenvalue weighted by Gasteiger charge is -2.37. The molecule has 2 N–H and O–H groups in total. The number of carbonyl (C=O) groups excluding carboxylic acids is 1. The first-order chi connectivity index (χ1) is 14.3. The van der Waals surface area contributed by atoms with Crippen molar-refractivity contribution in [3.05, 3.63) is 41.5 Å². The molecule has 1 amide bonds. The molecule has 2 heterocycles. The molecule has 0 saturated heterocycles. The molecule has 2 aromatic rings. The Bertz CT molecular complexity index is 950. The molecule has 160 valence electrons. The second kappa shape index (κ2) is 7.08. The number of amides is 1. The van der Waals surface area contributed by atoms with Crippen molar-refractivity contribution in [2.75, 3.05) is 5.32 Å². The molecule has 2 atom stereocenters. The lowest BCUT2D eigenvalue weighted by Crippen LogP contribution is -2.45. The molecule has 2 aliphatic carbocycles. The number of para-hydroxylation sites is 1. The minimum atomic E-state index is -4.58. The fourth-order valence-electron chi connectivity index (χ4n) is 5.35. The van der Waals surface area contributed by atoms with E-state index in [4.69, 9.17) is 4.52 Å². The summed E-state index contributed by atoms with van der Waals surface area (Å²) in [5.74, 6) is -1.18. The number of rotatable bonds is 3. The number of fused-ring (bicyclic) bond motifs is 2. The summed E-state index contributed by atoms with van der Waals surface area (Å²) in [7, 11) is 0. The van der Waals surface area contributed by atoms with E-state index in [2.05, 4.69) is 20.8 Å². The third-order valence-electron chi connectivity index (χ3n) is 6.91. The van der Waals surface area contributed by atoms with Crippen molar-refractivity contribution in [2.45, 2.75) is 74.5 Å². The van der Waals surface area contributed by atoms with Gasteiger partial charge in [0, 0.05) is 23.7 Å². The van der Waals surface area contributed by atoms with Gasteiger partial charge in [0.2, 0.25) is 11.8 Å². The van der Waals surface area contributed by atoms with Crippen molar-refractivity contribution in [2.24, 2.45) is 0 Å². The summed E-state index contributed by atoms with van der Waals surface area (Å²) in [5.41, 5.74) is 1.60. The van der Waals surface area contributed by atoms with E-state index in [1.807, 2.05) is 24.3 Å². The molecular formula is C21H23F3N4O2. The topological polar surface area (TPSA) is 80.0 Å². The second-order valence-corrected chi connectivity index (χ2v) is 8.68. The lowest BCUT2D eigenvalue weighted by atomic mass is 9.69. The zero-order valence-electron chi connectivity index (χ0n) is 16.3. The van der Waals surface area contributed by atoms with Crippen molar-refractivity contribution in [1.82, 2.24) is 15.5 Å². The molecule has 1 aliphatic heterocycles. The first-order valence-corrected chi connectivity index (χ1v) is 10.4. The highest BCUT2D eigenvalue weighted by molar-refractivity contribution is 6.06. The van der Waals surface area contributed by atoms with Gasteiger partial charge < -0.3 is 15.2 Å². The van der Waals surface area contributed by atoms with Crippen molar-refractivity contribution in [3.8, 4) is 0 Å². The second-order valence-electron chi connectivity index (χ2n) is 8.68. The van der Waals surface area contributed by atoms with Gasteiger partial charge in [-0.25, -0.2) is 0 Å². The van der Waals surface area contributed by atoms with E-state index < -0.39 is 17.4 Å². The molecule has 2 fully saturated rings. The van der Waals surface area contributed by atoms with Gasteiger partial charge in [0.15, 0.2) is 0 Å². The Balaban J connectivity index is 1.18. The Morgan fingerprint density at radius 2 is 1.87 bits per heavy atom. The number of anilines is 1. The highest BCUT2D eigenvalue weighted by atomic mass is 19.4. The van der Waals surface area contributed by atoms with Crippen LogP contribution in [0.4, 0.5) is 18.9 Å². The highest BCUT2D eigenvalue weighted by Crippen LogP contribution is 2.47. The van der Waals surface area contributed by atoms with Gasteiger partial charge in [-0.05, 0) is 56.6 Å². The zero-order chi connectivity index (χ0) is 20.9. The maximum Gasteiger partial charge on any atom is 0.455 e. The Morgan fingerprint density at radius 1 is 1.10 bits per heavy atom. The van der Waals surface area contributed by atoms with E-state index in [0.717, 1.165) is 49.8 Å². The molecule has 1 aromatic carbocycles. The summed E-state index contributed by atoms with van der Waals surface area (Å²) < 4.78 is 43.0. The Kier molecular flexibility index (Phi) is 4.61. The predicted octanol–water partition coefficient (Wildman–Crippen LogP) is 4.15. The number of hydrogen-bond donors (Lipinski definition) is 2. The maximum absolute atomic E-state index is 12.7. The standard InChI is InChI=1S/C21H23F3N4O2/c22-21(23,24)18-27-17(30-28-18)12-5-6-14(11-12)25-13-7-9-20(10-8-13)15-3-1-2-4-16(15)26-19(20)29/h1-4,12-14,25H,5-11H2,(H,26,29)/t12-,13?,14+,20?/m0/s1. The van der Waals surface area contributed by atoms with Crippen LogP contribution in [0, 0.1) is 0 Å². The van der Waals surface area contributed by atoms with Crippen LogP contribution in [-0.2, 0) is 16.4 Å². The molecule has 0 radical (unpaired) electrons. The number of nitrogens with one attached hydrogen (secondary N) is 2. The molecular weight excluding hydrogens is 397 g/mol. The highest BCUT2D eigenvalue weighted by Gasteiger charge is 2.48. The summed E-state index contributed by atoms with van der Waals surface area (Å²) in [5, 5.41) is 9.75. The van der Waals surface area contributed by atoms with E-state index in [9.17, 15) is 18.0 Å². The van der Waals surface area contributed by atoms with Crippen LogP contribution in [0.2, 0.25) is 0 Å². The van der Waals surface area contributed by atoms with Crippen molar-refractivity contribution >= 4 is 11.6 Å². The third kappa shape index (κ3) is 3.29. The quantitative estimate of drug-likeness (QED) is 0.780. The smallest absolute Gasteiger partial charge is 0.339 e. The summed E-state index contributed by atoms with van der Waals surface area (Å²) in [6.07, 6.45) is 1.06. The summed E-state index contributed by atoms with van der Waals surface area (Å²) >= 11 is 0. The largest absolute Gasteiger partial charge is 0.455 e. The van der Waals surface area contributed by atoms with Gasteiger partial charge in [0.05, 0.1) is 5.41 Å². The van der Waals surface area contributed by atoms with Crippen LogP contribution >= 0.6 is 0 Å². The number of hydrogen-bond acceptors (Lipinski definition) is 5. The zero-order valence-corrected chi connectivity index (χ0v) is 16.3. The fraction of sp³-hybridized carbons (Fsp3) is 0.571. The Morgan fingerprint density at radius 3 is 2.60 bits per heavy atom. The van der Waals surface area contributed by atoms with Crippen LogP contribution in [-0.4, -0.2) is 28.1 Å². The SMILES string of the molecule is O=C1Nc2ccccc2C12CCC(N[C@@H]1CC[C@H](c3nc(C(F)(F)F)no3)C1)CC2. The van der Waals surface area contributed by atoms with Crippen LogP contribution < -0.4 is 10.6 Å². The maximum atomic E-state index is 12.7. The number of benzene rings is 1. The minimum absolute atomic E-state index is 0.0773. The molecule has 1 spiro atoms. The van der Waals surface area contributed by atoms with Crippen LogP contribution in [0.15, 0.2) is 28.8 Å². The molecule has 6 nitrogen and oxygen atoms in total. The van der Waals surface area contributed by atoms with Gasteiger partial charge in [-0.3, -0.25) is 4.79 Å². The monoisotopic (exact) mass is 420 g/mol. The van der Waals surface area contributed by atoms with Gasteiger partial charge >= 0.3 is 6.18 Å². The summed E-state index contributed by atoms with van der Waals surface area (Å²) in [4.78, 5) is 16.2. The molecule has 5 rings (SSSR count).